The number of benzene rings is 2. The molecule has 2 aromatic carbocycles. The number of nitrogens with one attached hydrogen (secondary N) is 1. The van der Waals surface area contributed by atoms with Crippen molar-refractivity contribution in [1.29, 1.82) is 5.26 Å². The number of hydrogen-bond donors (Lipinski definition) is 1. The monoisotopic (exact) mass is 449 g/mol. The summed E-state index contributed by atoms with van der Waals surface area (Å²) < 4.78 is 6.34. The Morgan fingerprint density at radius 3 is 2.79 bits per heavy atom. The normalized spacial score (nSPS) is 11.4. The summed E-state index contributed by atoms with van der Waals surface area (Å²) in [5.74, 6) is 0. The van der Waals surface area contributed by atoms with Gasteiger partial charge in [-0.05, 0) is 36.4 Å². The van der Waals surface area contributed by atoms with Gasteiger partial charge >= 0.3 is 5.63 Å². The van der Waals surface area contributed by atoms with Gasteiger partial charge in [0.05, 0.1) is 11.3 Å². The first-order valence-corrected chi connectivity index (χ1v) is 9.93. The van der Waals surface area contributed by atoms with Crippen molar-refractivity contribution in [2.75, 3.05) is 5.32 Å². The third-order valence-corrected chi connectivity index (χ3v) is 5.40. The van der Waals surface area contributed by atoms with Crippen LogP contribution in [-0.4, -0.2) is 4.98 Å². The van der Waals surface area contributed by atoms with E-state index in [9.17, 15) is 10.1 Å². The number of aromatic nitrogens is 1. The lowest BCUT2D eigenvalue weighted by Crippen LogP contribution is -2.02. The van der Waals surface area contributed by atoms with Crippen LogP contribution in [0.1, 0.15) is 5.01 Å². The molecule has 0 unspecified atom stereocenters. The summed E-state index contributed by atoms with van der Waals surface area (Å²) in [7, 11) is 0. The zero-order valence-electron chi connectivity index (χ0n) is 14.3. The zero-order chi connectivity index (χ0) is 19.5. The molecule has 0 aliphatic rings. The molecule has 5 nitrogen and oxygen atoms in total. The average molecular weight is 450 g/mol. The number of anilines is 1. The van der Waals surface area contributed by atoms with Gasteiger partial charge in [0, 0.05) is 27.1 Å². The van der Waals surface area contributed by atoms with Crippen LogP contribution in [0, 0.1) is 11.3 Å². The van der Waals surface area contributed by atoms with E-state index in [1.807, 2.05) is 42.5 Å². The number of halogens is 1. The van der Waals surface area contributed by atoms with E-state index in [1.54, 1.807) is 23.7 Å². The van der Waals surface area contributed by atoms with E-state index >= 15 is 0 Å². The second kappa shape index (κ2) is 7.80. The van der Waals surface area contributed by atoms with Gasteiger partial charge in [-0.1, -0.05) is 34.1 Å². The van der Waals surface area contributed by atoms with Crippen LogP contribution in [-0.2, 0) is 0 Å². The van der Waals surface area contributed by atoms with Crippen molar-refractivity contribution in [1.82, 2.24) is 4.98 Å². The van der Waals surface area contributed by atoms with Gasteiger partial charge in [-0.2, -0.15) is 5.26 Å². The quantitative estimate of drug-likeness (QED) is 0.321. The van der Waals surface area contributed by atoms with Gasteiger partial charge in [0.25, 0.3) is 0 Å². The molecule has 0 amide bonds. The zero-order valence-corrected chi connectivity index (χ0v) is 16.8. The fourth-order valence-electron chi connectivity index (χ4n) is 2.61. The average Bonchev–Trinajstić information content (AvgIpc) is 3.19. The highest BCUT2D eigenvalue weighted by atomic mass is 79.9. The lowest BCUT2D eigenvalue weighted by molar-refractivity contribution is 0.563. The predicted octanol–water partition coefficient (Wildman–Crippen LogP) is 5.66. The number of fused-ring (bicyclic) bond motifs is 1. The van der Waals surface area contributed by atoms with E-state index in [0.29, 0.717) is 27.4 Å². The molecule has 1 N–H and O–H groups in total. The summed E-state index contributed by atoms with van der Waals surface area (Å²) in [4.78, 5) is 16.8. The van der Waals surface area contributed by atoms with Crippen LogP contribution >= 0.6 is 27.3 Å². The van der Waals surface area contributed by atoms with E-state index in [4.69, 9.17) is 4.42 Å². The minimum absolute atomic E-state index is 0.374. The van der Waals surface area contributed by atoms with Gasteiger partial charge in [-0.15, -0.1) is 11.3 Å². The van der Waals surface area contributed by atoms with E-state index in [-0.39, 0.29) is 0 Å². The Hall–Kier alpha value is -3.21. The van der Waals surface area contributed by atoms with Crippen molar-refractivity contribution in [3.63, 3.8) is 0 Å². The number of para-hydroxylation sites is 1. The molecule has 0 fully saturated rings. The van der Waals surface area contributed by atoms with Crippen LogP contribution < -0.4 is 10.9 Å². The highest BCUT2D eigenvalue weighted by molar-refractivity contribution is 9.10. The van der Waals surface area contributed by atoms with E-state index < -0.39 is 5.63 Å². The predicted molar refractivity (Wildman–Crippen MR) is 115 cm³/mol. The van der Waals surface area contributed by atoms with Crippen LogP contribution in [0.3, 0.4) is 0 Å². The Morgan fingerprint density at radius 1 is 1.21 bits per heavy atom. The molecule has 136 valence electrons. The fraction of sp³-hybridized carbons (Fsp3) is 0. The van der Waals surface area contributed by atoms with E-state index in [0.717, 1.165) is 15.5 Å². The second-order valence-corrected chi connectivity index (χ2v) is 7.62. The van der Waals surface area contributed by atoms with Crippen molar-refractivity contribution in [2.45, 2.75) is 0 Å². The van der Waals surface area contributed by atoms with Crippen molar-refractivity contribution >= 4 is 49.5 Å². The number of thiazole rings is 1. The molecule has 0 spiro atoms. The first-order valence-electron chi connectivity index (χ1n) is 8.25. The van der Waals surface area contributed by atoms with Gasteiger partial charge in [-0.3, -0.25) is 0 Å². The third kappa shape index (κ3) is 3.74. The van der Waals surface area contributed by atoms with Crippen LogP contribution in [0.15, 0.2) is 79.9 Å². The van der Waals surface area contributed by atoms with Gasteiger partial charge in [0.15, 0.2) is 0 Å². The molecule has 0 atom stereocenters. The molecule has 0 saturated heterocycles. The van der Waals surface area contributed by atoms with Crippen LogP contribution in [0.5, 0.6) is 0 Å². The molecule has 0 aliphatic heterocycles. The van der Waals surface area contributed by atoms with Crippen molar-refractivity contribution in [2.24, 2.45) is 0 Å². The summed E-state index contributed by atoms with van der Waals surface area (Å²) in [5.41, 5.74) is 2.17. The molecular formula is C21H12BrN3O2S. The summed E-state index contributed by atoms with van der Waals surface area (Å²) in [6, 6.07) is 18.8. The summed E-state index contributed by atoms with van der Waals surface area (Å²) in [6.45, 7) is 0. The highest BCUT2D eigenvalue weighted by Gasteiger charge is 2.13. The van der Waals surface area contributed by atoms with Gasteiger partial charge in [0.1, 0.15) is 22.2 Å². The largest absolute Gasteiger partial charge is 0.422 e. The molecule has 0 aliphatic carbocycles. The molecule has 0 bridgehead atoms. The standard InChI is InChI=1S/C21H12BrN3O2S/c22-15-5-7-16(8-6-15)24-11-14(10-23)20-25-18(12-28-20)17-9-13-3-1-2-4-19(13)27-21(17)26/h1-9,11-12,24H/b14-11-. The van der Waals surface area contributed by atoms with Crippen LogP contribution in [0.4, 0.5) is 5.69 Å². The number of rotatable bonds is 4. The third-order valence-electron chi connectivity index (χ3n) is 4.00. The summed E-state index contributed by atoms with van der Waals surface area (Å²) in [6.07, 6.45) is 1.61. The number of nitriles is 1. The first kappa shape index (κ1) is 18.2. The number of allylic oxidation sites excluding steroid dienone is 1. The van der Waals surface area contributed by atoms with Gasteiger partial charge in [-0.25, -0.2) is 9.78 Å². The lowest BCUT2D eigenvalue weighted by Gasteiger charge is -2.01. The van der Waals surface area contributed by atoms with Crippen molar-refractivity contribution < 1.29 is 4.42 Å². The van der Waals surface area contributed by atoms with Crippen LogP contribution in [0.25, 0.3) is 27.8 Å². The fourth-order valence-corrected chi connectivity index (χ4v) is 3.65. The molecule has 2 heterocycles. The molecule has 4 rings (SSSR count). The highest BCUT2D eigenvalue weighted by Crippen LogP contribution is 2.26. The van der Waals surface area contributed by atoms with Gasteiger partial charge in [0.2, 0.25) is 0 Å². The second-order valence-electron chi connectivity index (χ2n) is 5.84. The maximum absolute atomic E-state index is 12.3. The van der Waals surface area contributed by atoms with Crippen LogP contribution in [0.2, 0.25) is 0 Å². The molecule has 4 aromatic rings. The number of hydrogen-bond acceptors (Lipinski definition) is 6. The Morgan fingerprint density at radius 2 is 2.00 bits per heavy atom. The first-order chi connectivity index (χ1) is 13.6. The maximum atomic E-state index is 12.3. The molecule has 0 radical (unpaired) electrons. The molecule has 0 saturated carbocycles. The smallest absolute Gasteiger partial charge is 0.345 e. The van der Waals surface area contributed by atoms with E-state index in [1.165, 1.54) is 11.3 Å². The summed E-state index contributed by atoms with van der Waals surface area (Å²) in [5, 5.41) is 15.7. The maximum Gasteiger partial charge on any atom is 0.345 e. The molecule has 28 heavy (non-hydrogen) atoms. The van der Waals surface area contributed by atoms with E-state index in [2.05, 4.69) is 32.3 Å². The van der Waals surface area contributed by atoms with Crippen molar-refractivity contribution in [3.8, 4) is 17.3 Å². The Kier molecular flexibility index (Phi) is 5.06. The summed E-state index contributed by atoms with van der Waals surface area (Å²) >= 11 is 4.68. The molecule has 2 aromatic heterocycles. The minimum Gasteiger partial charge on any atom is -0.422 e. The van der Waals surface area contributed by atoms with Gasteiger partial charge < -0.3 is 9.73 Å². The Balaban J connectivity index is 1.65. The number of nitrogens with zero attached hydrogens (tertiary/aromatic N) is 2. The molecule has 7 heteroatoms. The minimum atomic E-state index is -0.453. The topological polar surface area (TPSA) is 78.9 Å². The molecular weight excluding hydrogens is 438 g/mol. The van der Waals surface area contributed by atoms with Crippen molar-refractivity contribution in [3.05, 3.63) is 86.1 Å². The lowest BCUT2D eigenvalue weighted by atomic mass is 10.1. The Bertz CT molecular complexity index is 1280. The SMILES string of the molecule is N#C/C(=C/Nc1ccc(Br)cc1)c1nc(-c2cc3ccccc3oc2=O)cs1. The Labute approximate surface area is 172 Å².